The average Bonchev–Trinajstić information content (AvgIpc) is 3.53. The van der Waals surface area contributed by atoms with Crippen molar-refractivity contribution in [2.45, 2.75) is 13.8 Å². The van der Waals surface area contributed by atoms with Crippen molar-refractivity contribution >= 4 is 33.4 Å². The van der Waals surface area contributed by atoms with E-state index in [9.17, 15) is 4.79 Å². The Morgan fingerprint density at radius 2 is 1.80 bits per heavy atom. The van der Waals surface area contributed by atoms with Crippen molar-refractivity contribution in [2.24, 2.45) is 7.05 Å². The van der Waals surface area contributed by atoms with E-state index in [0.29, 0.717) is 5.56 Å². The molecule has 1 aliphatic rings. The first-order valence-electron chi connectivity index (χ1n) is 12.0. The fourth-order valence-corrected chi connectivity index (χ4v) is 5.23. The van der Waals surface area contributed by atoms with Gasteiger partial charge in [0, 0.05) is 61.1 Å². The lowest BCUT2D eigenvalue weighted by molar-refractivity contribution is 0.101. The quantitative estimate of drug-likeness (QED) is 0.383. The number of nitrogens with zero attached hydrogens (tertiary/aromatic N) is 5. The number of anilines is 1. The molecule has 0 amide bonds. The molecular formula is C27H29N7O. The third-order valence-electron chi connectivity index (χ3n) is 7.15. The fourth-order valence-electron chi connectivity index (χ4n) is 5.23. The molecule has 2 N–H and O–H groups in total. The van der Waals surface area contributed by atoms with E-state index in [1.807, 2.05) is 24.9 Å². The second kappa shape index (κ2) is 8.09. The SMILES string of the molecule is CC(=O)c1c(C)[nH]c(-c2nc3ccc(N4CCN(C)CC4)cc3[nH]2)c1-c1ccc2c(cnn2C)c1. The number of piperazine rings is 1. The van der Waals surface area contributed by atoms with E-state index >= 15 is 0 Å². The van der Waals surface area contributed by atoms with Crippen LogP contribution in [0.3, 0.4) is 0 Å². The molecule has 1 saturated heterocycles. The molecule has 6 rings (SSSR count). The minimum atomic E-state index is 0.0275. The molecule has 0 aliphatic carbocycles. The summed E-state index contributed by atoms with van der Waals surface area (Å²) in [6, 6.07) is 12.6. The number of carbonyl (C=O) groups is 1. The Kier molecular flexibility index (Phi) is 5.00. The maximum Gasteiger partial charge on any atom is 0.162 e. The van der Waals surface area contributed by atoms with E-state index in [1.54, 1.807) is 6.92 Å². The zero-order valence-electron chi connectivity index (χ0n) is 20.5. The maximum absolute atomic E-state index is 12.7. The van der Waals surface area contributed by atoms with Gasteiger partial charge in [-0.1, -0.05) is 6.07 Å². The molecule has 178 valence electrons. The maximum atomic E-state index is 12.7. The van der Waals surface area contributed by atoms with Crippen molar-refractivity contribution in [2.75, 3.05) is 38.1 Å². The Morgan fingerprint density at radius 1 is 1.00 bits per heavy atom. The summed E-state index contributed by atoms with van der Waals surface area (Å²) in [4.78, 5) is 29.4. The van der Waals surface area contributed by atoms with Crippen LogP contribution in [-0.4, -0.2) is 68.6 Å². The molecule has 3 aromatic heterocycles. The number of ketones is 1. The van der Waals surface area contributed by atoms with Gasteiger partial charge in [0.25, 0.3) is 0 Å². The smallest absolute Gasteiger partial charge is 0.162 e. The lowest BCUT2D eigenvalue weighted by atomic mass is 9.97. The highest BCUT2D eigenvalue weighted by Gasteiger charge is 2.24. The molecule has 2 aromatic carbocycles. The molecule has 8 heteroatoms. The van der Waals surface area contributed by atoms with E-state index in [-0.39, 0.29) is 5.78 Å². The van der Waals surface area contributed by atoms with Crippen molar-refractivity contribution in [3.8, 4) is 22.6 Å². The van der Waals surface area contributed by atoms with Crippen LogP contribution in [0.4, 0.5) is 5.69 Å². The molecule has 1 fully saturated rings. The van der Waals surface area contributed by atoms with Crippen LogP contribution in [0.5, 0.6) is 0 Å². The molecule has 1 aliphatic heterocycles. The van der Waals surface area contributed by atoms with Crippen LogP contribution >= 0.6 is 0 Å². The lowest BCUT2D eigenvalue weighted by Gasteiger charge is -2.34. The van der Waals surface area contributed by atoms with Crippen molar-refractivity contribution in [1.29, 1.82) is 0 Å². The third-order valence-corrected chi connectivity index (χ3v) is 7.15. The number of hydrogen-bond donors (Lipinski definition) is 2. The Morgan fingerprint density at radius 3 is 2.57 bits per heavy atom. The number of likely N-dealkylation sites (N-methyl/N-ethyl adjacent to an activating group) is 1. The Labute approximate surface area is 203 Å². The molecule has 0 atom stereocenters. The van der Waals surface area contributed by atoms with Crippen LogP contribution in [0.1, 0.15) is 23.0 Å². The van der Waals surface area contributed by atoms with Gasteiger partial charge in [0.15, 0.2) is 11.6 Å². The second-order valence-corrected chi connectivity index (χ2v) is 9.55. The number of aromatic nitrogens is 5. The van der Waals surface area contributed by atoms with E-state index in [1.165, 1.54) is 5.69 Å². The average molecular weight is 468 g/mol. The van der Waals surface area contributed by atoms with Crippen molar-refractivity contribution in [3.05, 3.63) is 53.9 Å². The van der Waals surface area contributed by atoms with E-state index in [2.05, 4.69) is 68.3 Å². The number of imidazole rings is 1. The zero-order valence-corrected chi connectivity index (χ0v) is 20.5. The summed E-state index contributed by atoms with van der Waals surface area (Å²) >= 11 is 0. The number of nitrogens with one attached hydrogen (secondary N) is 2. The van der Waals surface area contributed by atoms with Crippen LogP contribution in [0.25, 0.3) is 44.6 Å². The van der Waals surface area contributed by atoms with Crippen molar-refractivity contribution < 1.29 is 4.79 Å². The van der Waals surface area contributed by atoms with Crippen molar-refractivity contribution in [3.63, 3.8) is 0 Å². The second-order valence-electron chi connectivity index (χ2n) is 9.55. The molecule has 4 heterocycles. The zero-order chi connectivity index (χ0) is 24.3. The first kappa shape index (κ1) is 21.6. The van der Waals surface area contributed by atoms with Crippen LogP contribution in [-0.2, 0) is 7.05 Å². The number of carbonyl (C=O) groups excluding carboxylic acids is 1. The van der Waals surface area contributed by atoms with Crippen LogP contribution in [0.2, 0.25) is 0 Å². The highest BCUT2D eigenvalue weighted by Crippen LogP contribution is 2.38. The third kappa shape index (κ3) is 3.61. The Balaban J connectivity index is 1.47. The largest absolute Gasteiger partial charge is 0.369 e. The summed E-state index contributed by atoms with van der Waals surface area (Å²) in [7, 11) is 4.10. The summed E-state index contributed by atoms with van der Waals surface area (Å²) < 4.78 is 1.85. The van der Waals surface area contributed by atoms with Gasteiger partial charge in [0.2, 0.25) is 0 Å². The highest BCUT2D eigenvalue weighted by molar-refractivity contribution is 6.06. The molecule has 0 bridgehead atoms. The summed E-state index contributed by atoms with van der Waals surface area (Å²) in [6.07, 6.45) is 1.85. The normalized spacial score (nSPS) is 14.9. The summed E-state index contributed by atoms with van der Waals surface area (Å²) in [5.74, 6) is 0.757. The van der Waals surface area contributed by atoms with Gasteiger partial charge in [0.1, 0.15) is 0 Å². The predicted molar refractivity (Wildman–Crippen MR) is 140 cm³/mol. The van der Waals surface area contributed by atoms with E-state index in [0.717, 1.165) is 76.5 Å². The predicted octanol–water partition coefficient (Wildman–Crippen LogP) is 4.37. The monoisotopic (exact) mass is 467 g/mol. The highest BCUT2D eigenvalue weighted by atomic mass is 16.1. The van der Waals surface area contributed by atoms with Crippen LogP contribution < -0.4 is 4.90 Å². The van der Waals surface area contributed by atoms with E-state index in [4.69, 9.17) is 4.98 Å². The van der Waals surface area contributed by atoms with Gasteiger partial charge in [-0.2, -0.15) is 5.10 Å². The van der Waals surface area contributed by atoms with Crippen LogP contribution in [0.15, 0.2) is 42.6 Å². The molecule has 8 nitrogen and oxygen atoms in total. The number of fused-ring (bicyclic) bond motifs is 2. The summed E-state index contributed by atoms with van der Waals surface area (Å²) in [5, 5.41) is 5.40. The summed E-state index contributed by atoms with van der Waals surface area (Å²) in [6.45, 7) is 7.72. The standard InChI is InChI=1S/C27H29N7O/c1-16-24(17(2)35)25(18-5-8-23-19(13-18)15-28-33(23)4)26(29-16)27-30-21-7-6-20(14-22(21)31-27)34-11-9-32(3)10-12-34/h5-8,13-15,29H,9-12H2,1-4H3,(H,30,31). The Hall–Kier alpha value is -3.91. The van der Waals surface area contributed by atoms with Gasteiger partial charge in [0.05, 0.1) is 28.4 Å². The van der Waals surface area contributed by atoms with Gasteiger partial charge in [-0.15, -0.1) is 0 Å². The molecule has 0 unspecified atom stereocenters. The number of hydrogen-bond acceptors (Lipinski definition) is 5. The number of H-pyrrole nitrogens is 2. The van der Waals surface area contributed by atoms with Gasteiger partial charge in [-0.05, 0) is 56.8 Å². The number of rotatable bonds is 4. The Bertz CT molecular complexity index is 1580. The van der Waals surface area contributed by atoms with Gasteiger partial charge in [-0.25, -0.2) is 4.98 Å². The van der Waals surface area contributed by atoms with Gasteiger partial charge >= 0.3 is 0 Å². The topological polar surface area (TPSA) is 85.8 Å². The molecule has 0 spiro atoms. The van der Waals surface area contributed by atoms with Gasteiger partial charge < -0.3 is 19.8 Å². The van der Waals surface area contributed by atoms with E-state index < -0.39 is 0 Å². The first-order chi connectivity index (χ1) is 16.9. The molecular weight excluding hydrogens is 438 g/mol. The fraction of sp³-hybridized carbons (Fsp3) is 0.296. The molecule has 5 aromatic rings. The van der Waals surface area contributed by atoms with Crippen molar-refractivity contribution in [1.82, 2.24) is 29.6 Å². The van der Waals surface area contributed by atoms with Gasteiger partial charge in [-0.3, -0.25) is 9.48 Å². The molecule has 0 saturated carbocycles. The van der Waals surface area contributed by atoms with Crippen LogP contribution in [0, 0.1) is 6.92 Å². The number of Topliss-reactive ketones (excluding diaryl/α,β-unsaturated/α-hetero) is 1. The first-order valence-corrected chi connectivity index (χ1v) is 12.0. The molecule has 35 heavy (non-hydrogen) atoms. The molecule has 0 radical (unpaired) electrons. The minimum absolute atomic E-state index is 0.0275. The summed E-state index contributed by atoms with van der Waals surface area (Å²) in [5.41, 5.74) is 8.35. The number of benzene rings is 2. The lowest BCUT2D eigenvalue weighted by Crippen LogP contribution is -2.44. The minimum Gasteiger partial charge on any atom is -0.369 e. The number of aryl methyl sites for hydroxylation is 2. The number of aromatic amines is 2.